The number of hydrogen-bond donors (Lipinski definition) is 0. The number of nitrogens with zero attached hydrogens (tertiary/aromatic N) is 2. The van der Waals surface area contributed by atoms with Crippen molar-refractivity contribution in [1.82, 2.24) is 9.80 Å². The topological polar surface area (TPSA) is 102 Å². The molecule has 190 valence electrons. The van der Waals surface area contributed by atoms with Gasteiger partial charge < -0.3 is 19.1 Å². The Balaban J connectivity index is 1.44. The lowest BCUT2D eigenvalue weighted by molar-refractivity contribution is -0.156. The molecule has 0 N–H and O–H groups in total. The van der Waals surface area contributed by atoms with Crippen LogP contribution in [0.15, 0.2) is 36.4 Å². The maximum absolute atomic E-state index is 13.1. The predicted molar refractivity (Wildman–Crippen MR) is 130 cm³/mol. The second-order valence-corrected chi connectivity index (χ2v) is 9.32. The van der Waals surface area contributed by atoms with Crippen LogP contribution in [0.2, 0.25) is 0 Å². The fourth-order valence-electron chi connectivity index (χ4n) is 4.66. The summed E-state index contributed by atoms with van der Waals surface area (Å²) in [6.07, 6.45) is 0.859. The number of amides is 3. The van der Waals surface area contributed by atoms with E-state index < -0.39 is 30.4 Å². The first-order valence-corrected chi connectivity index (χ1v) is 11.9. The number of fused-ring (bicyclic) bond motifs is 2. The molecule has 2 heterocycles. The van der Waals surface area contributed by atoms with E-state index in [1.807, 2.05) is 26.0 Å². The van der Waals surface area contributed by atoms with Gasteiger partial charge >= 0.3 is 5.97 Å². The van der Waals surface area contributed by atoms with E-state index in [0.29, 0.717) is 31.0 Å². The third-order valence-corrected chi connectivity index (χ3v) is 6.51. The Kier molecular flexibility index (Phi) is 7.28. The van der Waals surface area contributed by atoms with Crippen LogP contribution in [0.3, 0.4) is 0 Å². The lowest BCUT2D eigenvalue weighted by Gasteiger charge is -2.30. The Morgan fingerprint density at radius 1 is 0.944 bits per heavy atom. The Bertz CT molecular complexity index is 1170. The zero-order valence-corrected chi connectivity index (χ0v) is 20.9. The third kappa shape index (κ3) is 4.78. The number of ether oxygens (including phenoxy) is 3. The first-order chi connectivity index (χ1) is 17.2. The molecule has 4 rings (SSSR count). The standard InChI is InChI=1S/C27H30N2O7/c1-16(2)11-21(29-25(31)19-7-5-6-8-20(19)26(29)32)27(33)36-15-24(30)28-10-9-17-12-22(34-3)23(35-4)13-18(17)14-28/h5-8,12-13,16,21H,9-11,14-15H2,1-4H3. The summed E-state index contributed by atoms with van der Waals surface area (Å²) in [4.78, 5) is 54.4. The van der Waals surface area contributed by atoms with Crippen LogP contribution in [0.1, 0.15) is 52.1 Å². The number of hydrogen-bond acceptors (Lipinski definition) is 7. The highest BCUT2D eigenvalue weighted by molar-refractivity contribution is 6.22. The van der Waals surface area contributed by atoms with E-state index >= 15 is 0 Å². The van der Waals surface area contributed by atoms with Crippen molar-refractivity contribution >= 4 is 23.7 Å². The number of carbonyl (C=O) groups is 4. The Morgan fingerprint density at radius 2 is 1.53 bits per heavy atom. The van der Waals surface area contributed by atoms with Crippen LogP contribution in [0.4, 0.5) is 0 Å². The zero-order valence-electron chi connectivity index (χ0n) is 20.9. The molecule has 0 saturated carbocycles. The lowest BCUT2D eigenvalue weighted by atomic mass is 9.99. The number of esters is 1. The van der Waals surface area contributed by atoms with E-state index in [1.54, 1.807) is 43.4 Å². The summed E-state index contributed by atoms with van der Waals surface area (Å²) in [6.45, 7) is 4.11. The lowest BCUT2D eigenvalue weighted by Crippen LogP contribution is -2.47. The highest BCUT2D eigenvalue weighted by Gasteiger charge is 2.43. The Hall–Kier alpha value is -3.88. The van der Waals surface area contributed by atoms with Gasteiger partial charge in [0, 0.05) is 13.1 Å². The molecule has 2 aromatic carbocycles. The maximum Gasteiger partial charge on any atom is 0.329 e. The molecule has 0 spiro atoms. The Morgan fingerprint density at radius 3 is 2.08 bits per heavy atom. The molecule has 0 aliphatic carbocycles. The van der Waals surface area contributed by atoms with Crippen LogP contribution < -0.4 is 9.47 Å². The van der Waals surface area contributed by atoms with Crippen LogP contribution in [0, 0.1) is 5.92 Å². The molecular formula is C27H30N2O7. The van der Waals surface area contributed by atoms with Gasteiger partial charge in [-0.3, -0.25) is 19.3 Å². The molecule has 0 radical (unpaired) electrons. The molecule has 0 fully saturated rings. The summed E-state index contributed by atoms with van der Waals surface area (Å²) in [5, 5.41) is 0. The number of benzene rings is 2. The third-order valence-electron chi connectivity index (χ3n) is 6.51. The largest absolute Gasteiger partial charge is 0.493 e. The van der Waals surface area contributed by atoms with Crippen LogP contribution in [0.5, 0.6) is 11.5 Å². The molecule has 1 atom stereocenters. The first kappa shape index (κ1) is 25.2. The molecule has 0 saturated heterocycles. The summed E-state index contributed by atoms with van der Waals surface area (Å²) in [5.74, 6) is -0.954. The van der Waals surface area contributed by atoms with Crippen molar-refractivity contribution in [2.75, 3.05) is 27.4 Å². The van der Waals surface area contributed by atoms with Crippen molar-refractivity contribution < 1.29 is 33.4 Å². The van der Waals surface area contributed by atoms with E-state index in [-0.39, 0.29) is 29.4 Å². The van der Waals surface area contributed by atoms with Crippen molar-refractivity contribution in [3.05, 3.63) is 58.7 Å². The molecule has 2 aliphatic heterocycles. The molecule has 2 aromatic rings. The van der Waals surface area contributed by atoms with Gasteiger partial charge in [-0.05, 0) is 54.2 Å². The summed E-state index contributed by atoms with van der Waals surface area (Å²) in [7, 11) is 3.13. The summed E-state index contributed by atoms with van der Waals surface area (Å²) in [5.41, 5.74) is 2.52. The monoisotopic (exact) mass is 494 g/mol. The molecule has 9 nitrogen and oxygen atoms in total. The molecule has 9 heteroatoms. The van der Waals surface area contributed by atoms with Crippen molar-refractivity contribution in [3.63, 3.8) is 0 Å². The average molecular weight is 495 g/mol. The van der Waals surface area contributed by atoms with Crippen molar-refractivity contribution in [2.45, 2.75) is 39.3 Å². The van der Waals surface area contributed by atoms with Gasteiger partial charge in [-0.25, -0.2) is 4.79 Å². The van der Waals surface area contributed by atoms with Gasteiger partial charge in [0.1, 0.15) is 6.04 Å². The van der Waals surface area contributed by atoms with Crippen LogP contribution in [0.25, 0.3) is 0 Å². The van der Waals surface area contributed by atoms with Crippen molar-refractivity contribution in [1.29, 1.82) is 0 Å². The quantitative estimate of drug-likeness (QED) is 0.411. The first-order valence-electron chi connectivity index (χ1n) is 11.9. The number of carbonyl (C=O) groups excluding carboxylic acids is 4. The fraction of sp³-hybridized carbons (Fsp3) is 0.407. The molecule has 2 aliphatic rings. The summed E-state index contributed by atoms with van der Waals surface area (Å²) >= 11 is 0. The van der Waals surface area contributed by atoms with Gasteiger partial charge in [-0.15, -0.1) is 0 Å². The highest BCUT2D eigenvalue weighted by atomic mass is 16.5. The SMILES string of the molecule is COc1cc2c(cc1OC)CN(C(=O)COC(=O)C(CC(C)C)N1C(=O)c3ccccc3C1=O)CC2. The minimum atomic E-state index is -1.11. The summed E-state index contributed by atoms with van der Waals surface area (Å²) in [6, 6.07) is 9.12. The average Bonchev–Trinajstić information content (AvgIpc) is 3.13. The van der Waals surface area contributed by atoms with E-state index in [0.717, 1.165) is 16.0 Å². The van der Waals surface area contributed by atoms with Crippen molar-refractivity contribution in [3.8, 4) is 11.5 Å². The van der Waals surface area contributed by atoms with E-state index in [1.165, 1.54) is 0 Å². The second-order valence-electron chi connectivity index (χ2n) is 9.32. The Labute approximate surface area is 209 Å². The minimum Gasteiger partial charge on any atom is -0.493 e. The van der Waals surface area contributed by atoms with Crippen LogP contribution in [-0.4, -0.2) is 66.9 Å². The second kappa shape index (κ2) is 10.4. The van der Waals surface area contributed by atoms with Crippen molar-refractivity contribution in [2.24, 2.45) is 5.92 Å². The maximum atomic E-state index is 13.1. The van der Waals surface area contributed by atoms with E-state index in [4.69, 9.17) is 14.2 Å². The van der Waals surface area contributed by atoms with Gasteiger partial charge in [0.2, 0.25) is 0 Å². The number of imide groups is 1. The fourth-order valence-corrected chi connectivity index (χ4v) is 4.66. The minimum absolute atomic E-state index is 0.00753. The van der Waals surface area contributed by atoms with Gasteiger partial charge in [-0.1, -0.05) is 26.0 Å². The normalized spacial score (nSPS) is 15.5. The zero-order chi connectivity index (χ0) is 26.0. The molecule has 0 bridgehead atoms. The van der Waals surface area contributed by atoms with Gasteiger partial charge in [0.15, 0.2) is 18.1 Å². The van der Waals surface area contributed by atoms with Crippen LogP contribution >= 0.6 is 0 Å². The molecule has 36 heavy (non-hydrogen) atoms. The van der Waals surface area contributed by atoms with E-state index in [9.17, 15) is 19.2 Å². The summed E-state index contributed by atoms with van der Waals surface area (Å²) < 4.78 is 16.1. The van der Waals surface area contributed by atoms with Gasteiger partial charge in [-0.2, -0.15) is 0 Å². The number of methoxy groups -OCH3 is 2. The van der Waals surface area contributed by atoms with Crippen LogP contribution in [-0.2, 0) is 27.3 Å². The molecule has 0 aromatic heterocycles. The van der Waals surface area contributed by atoms with E-state index in [2.05, 4.69) is 0 Å². The highest BCUT2D eigenvalue weighted by Crippen LogP contribution is 2.33. The molecular weight excluding hydrogens is 464 g/mol. The molecule has 1 unspecified atom stereocenters. The van der Waals surface area contributed by atoms with Gasteiger partial charge in [0.05, 0.1) is 25.3 Å². The predicted octanol–water partition coefficient (Wildman–Crippen LogP) is 2.84. The smallest absolute Gasteiger partial charge is 0.329 e. The molecule has 3 amide bonds. The number of rotatable bonds is 8. The van der Waals surface area contributed by atoms with Gasteiger partial charge in [0.25, 0.3) is 17.7 Å².